The molecule has 1 aliphatic rings. The van der Waals surface area contributed by atoms with Gasteiger partial charge in [-0.05, 0) is 38.0 Å². The Morgan fingerprint density at radius 2 is 2.05 bits per heavy atom. The van der Waals surface area contributed by atoms with Crippen molar-refractivity contribution in [3.8, 4) is 0 Å². The molecule has 2 atom stereocenters. The first-order valence-corrected chi connectivity index (χ1v) is 7.66. The number of piperidine rings is 1. The van der Waals surface area contributed by atoms with Crippen LogP contribution >= 0.6 is 0 Å². The summed E-state index contributed by atoms with van der Waals surface area (Å²) in [5.74, 6) is -0.505. The minimum absolute atomic E-state index is 0.0586. The highest BCUT2D eigenvalue weighted by Crippen LogP contribution is 2.20. The number of carboxylic acids is 1. The molecule has 6 nitrogen and oxygen atoms in total. The number of rotatable bonds is 6. The number of hydrogen-bond donors (Lipinski definition) is 3. The van der Waals surface area contributed by atoms with Gasteiger partial charge in [-0.3, -0.25) is 4.79 Å². The molecule has 0 aromatic rings. The van der Waals surface area contributed by atoms with E-state index in [1.165, 1.54) is 0 Å². The summed E-state index contributed by atoms with van der Waals surface area (Å²) in [6.07, 6.45) is 2.32. The molecule has 0 aromatic carbocycles. The highest BCUT2D eigenvalue weighted by Gasteiger charge is 2.31. The zero-order chi connectivity index (χ0) is 16.0. The lowest BCUT2D eigenvalue weighted by atomic mass is 9.94. The Hall–Kier alpha value is -1.30. The second-order valence-electron chi connectivity index (χ2n) is 6.80. The van der Waals surface area contributed by atoms with Crippen LogP contribution in [-0.4, -0.2) is 52.3 Å². The van der Waals surface area contributed by atoms with Crippen molar-refractivity contribution >= 4 is 12.0 Å². The Bertz CT molecular complexity index is 369. The summed E-state index contributed by atoms with van der Waals surface area (Å²) in [5.41, 5.74) is -0.825. The van der Waals surface area contributed by atoms with Crippen LogP contribution in [0.5, 0.6) is 0 Å². The molecule has 6 heteroatoms. The van der Waals surface area contributed by atoms with E-state index in [-0.39, 0.29) is 18.4 Å². The zero-order valence-electron chi connectivity index (χ0n) is 13.3. The zero-order valence-corrected chi connectivity index (χ0v) is 13.3. The van der Waals surface area contributed by atoms with E-state index in [0.717, 1.165) is 12.8 Å². The fourth-order valence-corrected chi connectivity index (χ4v) is 2.89. The summed E-state index contributed by atoms with van der Waals surface area (Å²) in [6, 6.07) is -0.214. The molecule has 122 valence electrons. The van der Waals surface area contributed by atoms with Crippen LogP contribution in [0.3, 0.4) is 0 Å². The molecule has 1 saturated heterocycles. The predicted octanol–water partition coefficient (Wildman–Crippen LogP) is 1.68. The Morgan fingerprint density at radius 3 is 2.57 bits per heavy atom. The number of aliphatic carboxylic acids is 1. The van der Waals surface area contributed by atoms with Gasteiger partial charge in [0, 0.05) is 19.5 Å². The first kappa shape index (κ1) is 17.8. The van der Waals surface area contributed by atoms with Crippen molar-refractivity contribution in [3.05, 3.63) is 0 Å². The molecule has 1 rings (SSSR count). The lowest BCUT2D eigenvalue weighted by molar-refractivity contribution is -0.138. The minimum Gasteiger partial charge on any atom is -0.481 e. The van der Waals surface area contributed by atoms with Crippen molar-refractivity contribution in [2.45, 2.75) is 52.1 Å². The van der Waals surface area contributed by atoms with Gasteiger partial charge < -0.3 is 20.4 Å². The van der Waals surface area contributed by atoms with E-state index < -0.39 is 11.6 Å². The van der Waals surface area contributed by atoms with E-state index in [9.17, 15) is 14.7 Å². The van der Waals surface area contributed by atoms with E-state index in [4.69, 9.17) is 5.11 Å². The van der Waals surface area contributed by atoms with Gasteiger partial charge in [0.05, 0.1) is 12.1 Å². The average Bonchev–Trinajstić information content (AvgIpc) is 2.33. The van der Waals surface area contributed by atoms with Crippen molar-refractivity contribution in [3.63, 3.8) is 0 Å². The Morgan fingerprint density at radius 1 is 1.38 bits per heavy atom. The van der Waals surface area contributed by atoms with Crippen LogP contribution in [0.2, 0.25) is 0 Å². The van der Waals surface area contributed by atoms with E-state index >= 15 is 0 Å². The molecular weight excluding hydrogens is 272 g/mol. The van der Waals surface area contributed by atoms with Gasteiger partial charge >= 0.3 is 12.0 Å². The predicted molar refractivity (Wildman–Crippen MR) is 80.0 cm³/mol. The Balaban J connectivity index is 2.46. The molecule has 0 bridgehead atoms. The van der Waals surface area contributed by atoms with Crippen molar-refractivity contribution < 1.29 is 19.8 Å². The Labute approximate surface area is 126 Å². The number of β-amino-alcohol motifs (C(OH)–C–C–N with tert-alkyl or cyclic N) is 1. The van der Waals surface area contributed by atoms with E-state index in [2.05, 4.69) is 5.32 Å². The van der Waals surface area contributed by atoms with Crippen molar-refractivity contribution in [2.75, 3.05) is 19.6 Å². The molecule has 0 aromatic heterocycles. The van der Waals surface area contributed by atoms with Crippen molar-refractivity contribution in [2.24, 2.45) is 11.8 Å². The third-order valence-corrected chi connectivity index (χ3v) is 3.77. The first-order valence-electron chi connectivity index (χ1n) is 7.66. The van der Waals surface area contributed by atoms with Gasteiger partial charge in [0.1, 0.15) is 0 Å². The van der Waals surface area contributed by atoms with Crippen molar-refractivity contribution in [1.29, 1.82) is 0 Å². The third kappa shape index (κ3) is 6.80. The number of aliphatic hydroxyl groups is 1. The number of amides is 2. The molecule has 2 amide bonds. The number of carbonyl (C=O) groups excluding carboxylic acids is 1. The van der Waals surface area contributed by atoms with Gasteiger partial charge in [0.25, 0.3) is 0 Å². The van der Waals surface area contributed by atoms with Crippen LogP contribution in [0.4, 0.5) is 4.79 Å². The molecule has 21 heavy (non-hydrogen) atoms. The van der Waals surface area contributed by atoms with Crippen LogP contribution < -0.4 is 5.32 Å². The molecule has 1 aliphatic heterocycles. The molecule has 0 spiro atoms. The number of urea groups is 1. The summed E-state index contributed by atoms with van der Waals surface area (Å²) in [5, 5.41) is 21.7. The highest BCUT2D eigenvalue weighted by molar-refractivity contribution is 5.74. The van der Waals surface area contributed by atoms with Gasteiger partial charge in [-0.1, -0.05) is 13.8 Å². The number of nitrogens with zero attached hydrogens (tertiary/aromatic N) is 1. The molecule has 0 saturated carbocycles. The monoisotopic (exact) mass is 300 g/mol. The van der Waals surface area contributed by atoms with Gasteiger partial charge in [-0.25, -0.2) is 4.79 Å². The third-order valence-electron chi connectivity index (χ3n) is 3.77. The SMILES string of the molecule is CC(C)CC(CNC(=O)N1CCCC(C)(O)C1)CC(=O)O. The molecule has 1 fully saturated rings. The van der Waals surface area contributed by atoms with Crippen LogP contribution in [0, 0.1) is 11.8 Å². The van der Waals surface area contributed by atoms with E-state index in [1.54, 1.807) is 11.8 Å². The largest absolute Gasteiger partial charge is 0.481 e. The second kappa shape index (κ2) is 7.64. The quantitative estimate of drug-likeness (QED) is 0.696. The summed E-state index contributed by atoms with van der Waals surface area (Å²) < 4.78 is 0. The fraction of sp³-hybridized carbons (Fsp3) is 0.867. The van der Waals surface area contributed by atoms with Crippen LogP contribution in [0.15, 0.2) is 0 Å². The van der Waals surface area contributed by atoms with E-state index in [1.807, 2.05) is 13.8 Å². The molecular formula is C15H28N2O4. The maximum Gasteiger partial charge on any atom is 0.317 e. The fourth-order valence-electron chi connectivity index (χ4n) is 2.89. The first-order chi connectivity index (χ1) is 9.69. The standard InChI is InChI=1S/C15H28N2O4/c1-11(2)7-12(8-13(18)19)9-16-14(20)17-6-4-5-15(3,21)10-17/h11-12,21H,4-10H2,1-3H3,(H,16,20)(H,18,19). The van der Waals surface area contributed by atoms with E-state index in [0.29, 0.717) is 32.0 Å². The number of nitrogens with one attached hydrogen (secondary N) is 1. The molecule has 0 radical (unpaired) electrons. The van der Waals surface area contributed by atoms with Gasteiger partial charge in [-0.15, -0.1) is 0 Å². The lowest BCUT2D eigenvalue weighted by Crippen LogP contribution is -2.52. The second-order valence-corrected chi connectivity index (χ2v) is 6.80. The topological polar surface area (TPSA) is 89.9 Å². The lowest BCUT2D eigenvalue weighted by Gasteiger charge is -2.37. The summed E-state index contributed by atoms with van der Waals surface area (Å²) in [6.45, 7) is 7.14. The molecule has 2 unspecified atom stereocenters. The van der Waals surface area contributed by atoms with Crippen molar-refractivity contribution in [1.82, 2.24) is 10.2 Å². The minimum atomic E-state index is -0.837. The Kier molecular flexibility index (Phi) is 6.45. The summed E-state index contributed by atoms with van der Waals surface area (Å²) >= 11 is 0. The van der Waals surface area contributed by atoms with Crippen LogP contribution in [0.1, 0.15) is 46.5 Å². The smallest absolute Gasteiger partial charge is 0.317 e. The maximum atomic E-state index is 12.1. The molecule has 1 heterocycles. The van der Waals surface area contributed by atoms with Crippen LogP contribution in [-0.2, 0) is 4.79 Å². The van der Waals surface area contributed by atoms with Gasteiger partial charge in [0.2, 0.25) is 0 Å². The van der Waals surface area contributed by atoms with Gasteiger partial charge in [-0.2, -0.15) is 0 Å². The average molecular weight is 300 g/mol. The van der Waals surface area contributed by atoms with Crippen LogP contribution in [0.25, 0.3) is 0 Å². The molecule has 0 aliphatic carbocycles. The van der Waals surface area contributed by atoms with Gasteiger partial charge in [0.15, 0.2) is 0 Å². The number of carboxylic acid groups (broad SMARTS) is 1. The number of likely N-dealkylation sites (tertiary alicyclic amines) is 1. The molecule has 3 N–H and O–H groups in total. The maximum absolute atomic E-state index is 12.1. The number of carbonyl (C=O) groups is 2. The highest BCUT2D eigenvalue weighted by atomic mass is 16.4. The summed E-state index contributed by atoms with van der Waals surface area (Å²) in [7, 11) is 0. The summed E-state index contributed by atoms with van der Waals surface area (Å²) in [4.78, 5) is 24.6. The number of hydrogen-bond acceptors (Lipinski definition) is 3. The normalized spacial score (nSPS) is 24.0.